The zero-order valence-corrected chi connectivity index (χ0v) is 13.1. The number of nitrogens with one attached hydrogen (secondary N) is 2. The van der Waals surface area contributed by atoms with Gasteiger partial charge in [-0.2, -0.15) is 0 Å². The number of rotatable bonds is 4. The van der Waals surface area contributed by atoms with Gasteiger partial charge in [0.1, 0.15) is 6.04 Å². The smallest absolute Gasteiger partial charge is 0.245 e. The summed E-state index contributed by atoms with van der Waals surface area (Å²) >= 11 is 0. The van der Waals surface area contributed by atoms with E-state index in [4.69, 9.17) is 0 Å². The maximum absolute atomic E-state index is 12.1. The Labute approximate surface area is 129 Å². The van der Waals surface area contributed by atoms with Gasteiger partial charge in [-0.3, -0.25) is 14.4 Å². The molecular weight excluding hydrogens is 282 g/mol. The van der Waals surface area contributed by atoms with E-state index in [9.17, 15) is 14.4 Å². The van der Waals surface area contributed by atoms with Gasteiger partial charge in [0.2, 0.25) is 17.7 Å². The molecule has 3 amide bonds. The monoisotopic (exact) mass is 303 g/mol. The van der Waals surface area contributed by atoms with Crippen LogP contribution in [0.1, 0.15) is 24.0 Å². The van der Waals surface area contributed by atoms with Gasteiger partial charge in [0, 0.05) is 19.2 Å². The number of hydrogen-bond donors (Lipinski definition) is 2. The van der Waals surface area contributed by atoms with Crippen molar-refractivity contribution < 1.29 is 14.4 Å². The molecule has 2 rings (SSSR count). The number of aryl methyl sites for hydroxylation is 2. The van der Waals surface area contributed by atoms with Crippen LogP contribution < -0.4 is 10.6 Å². The first-order valence-electron chi connectivity index (χ1n) is 7.29. The quantitative estimate of drug-likeness (QED) is 0.870. The lowest BCUT2D eigenvalue weighted by molar-refractivity contribution is -0.135. The summed E-state index contributed by atoms with van der Waals surface area (Å²) in [6.45, 7) is 3.80. The largest absolute Gasteiger partial charge is 0.344 e. The van der Waals surface area contributed by atoms with Gasteiger partial charge >= 0.3 is 0 Å². The second-order valence-corrected chi connectivity index (χ2v) is 5.67. The Morgan fingerprint density at radius 1 is 1.32 bits per heavy atom. The van der Waals surface area contributed by atoms with Gasteiger partial charge in [0.05, 0.1) is 6.54 Å². The van der Waals surface area contributed by atoms with E-state index in [2.05, 4.69) is 10.6 Å². The number of nitrogens with zero attached hydrogens (tertiary/aromatic N) is 1. The van der Waals surface area contributed by atoms with Crippen LogP contribution >= 0.6 is 0 Å². The Balaban J connectivity index is 1.94. The molecule has 118 valence electrons. The molecule has 2 N–H and O–H groups in total. The number of amides is 3. The van der Waals surface area contributed by atoms with Crippen LogP contribution in [0, 0.1) is 13.8 Å². The van der Waals surface area contributed by atoms with Crippen molar-refractivity contribution in [3.63, 3.8) is 0 Å². The van der Waals surface area contributed by atoms with Crippen LogP contribution in [0.5, 0.6) is 0 Å². The van der Waals surface area contributed by atoms with Crippen LogP contribution in [0.25, 0.3) is 0 Å². The zero-order valence-electron chi connectivity index (χ0n) is 13.1. The van der Waals surface area contributed by atoms with E-state index in [0.717, 1.165) is 16.8 Å². The van der Waals surface area contributed by atoms with Gasteiger partial charge in [0.15, 0.2) is 0 Å². The summed E-state index contributed by atoms with van der Waals surface area (Å²) in [5.41, 5.74) is 2.73. The van der Waals surface area contributed by atoms with Crippen molar-refractivity contribution in [2.75, 3.05) is 18.9 Å². The standard InChI is InChI=1S/C16H21N3O3/c1-10-5-4-6-11(2)15(10)18-14(21)9-19(3)16(22)12-7-8-13(20)17-12/h4-6,12H,7-9H2,1-3H3,(H,17,20)(H,18,21). The second kappa shape index (κ2) is 6.60. The van der Waals surface area contributed by atoms with Crippen molar-refractivity contribution >= 4 is 23.4 Å². The molecule has 0 spiro atoms. The van der Waals surface area contributed by atoms with E-state index in [1.165, 1.54) is 4.90 Å². The number of anilines is 1. The fourth-order valence-corrected chi connectivity index (χ4v) is 2.55. The van der Waals surface area contributed by atoms with Gasteiger partial charge in [-0.05, 0) is 31.4 Å². The van der Waals surface area contributed by atoms with Crippen molar-refractivity contribution in [2.45, 2.75) is 32.7 Å². The van der Waals surface area contributed by atoms with E-state index >= 15 is 0 Å². The first kappa shape index (κ1) is 16.0. The highest BCUT2D eigenvalue weighted by atomic mass is 16.2. The zero-order chi connectivity index (χ0) is 16.3. The molecule has 1 saturated heterocycles. The average Bonchev–Trinajstić information content (AvgIpc) is 2.88. The van der Waals surface area contributed by atoms with E-state index in [-0.39, 0.29) is 24.3 Å². The Hall–Kier alpha value is -2.37. The predicted molar refractivity (Wildman–Crippen MR) is 83.3 cm³/mol. The van der Waals surface area contributed by atoms with Crippen LogP contribution in [0.2, 0.25) is 0 Å². The maximum Gasteiger partial charge on any atom is 0.245 e. The minimum Gasteiger partial charge on any atom is -0.344 e. The molecule has 0 radical (unpaired) electrons. The number of para-hydroxylation sites is 1. The second-order valence-electron chi connectivity index (χ2n) is 5.67. The highest BCUT2D eigenvalue weighted by Crippen LogP contribution is 2.19. The lowest BCUT2D eigenvalue weighted by Crippen LogP contribution is -2.45. The third-order valence-corrected chi connectivity index (χ3v) is 3.80. The molecule has 0 aromatic heterocycles. The van der Waals surface area contributed by atoms with Crippen LogP contribution in [0.4, 0.5) is 5.69 Å². The van der Waals surface area contributed by atoms with Gasteiger partial charge in [-0.15, -0.1) is 0 Å². The summed E-state index contributed by atoms with van der Waals surface area (Å²) in [5, 5.41) is 5.46. The molecule has 1 aromatic rings. The summed E-state index contributed by atoms with van der Waals surface area (Å²) in [5.74, 6) is -0.605. The summed E-state index contributed by atoms with van der Waals surface area (Å²) in [6, 6.07) is 5.26. The lowest BCUT2D eigenvalue weighted by atomic mass is 10.1. The molecule has 1 aromatic carbocycles. The summed E-state index contributed by atoms with van der Waals surface area (Å²) in [6.07, 6.45) is 0.847. The normalized spacial score (nSPS) is 17.0. The fourth-order valence-electron chi connectivity index (χ4n) is 2.55. The molecule has 6 nitrogen and oxygen atoms in total. The van der Waals surface area contributed by atoms with Crippen molar-refractivity contribution in [3.8, 4) is 0 Å². The molecular formula is C16H21N3O3. The van der Waals surface area contributed by atoms with E-state index < -0.39 is 6.04 Å². The summed E-state index contributed by atoms with van der Waals surface area (Å²) in [7, 11) is 1.57. The van der Waals surface area contributed by atoms with Crippen molar-refractivity contribution in [1.29, 1.82) is 0 Å². The minimum absolute atomic E-state index is 0.0427. The number of likely N-dealkylation sites (N-methyl/N-ethyl adjacent to an activating group) is 1. The topological polar surface area (TPSA) is 78.5 Å². The molecule has 1 aliphatic rings. The Morgan fingerprint density at radius 2 is 1.95 bits per heavy atom. The summed E-state index contributed by atoms with van der Waals surface area (Å²) in [4.78, 5) is 36.8. The molecule has 6 heteroatoms. The van der Waals surface area contributed by atoms with Crippen LogP contribution in [0.15, 0.2) is 18.2 Å². The molecule has 1 fully saturated rings. The molecule has 1 unspecified atom stereocenters. The van der Waals surface area contributed by atoms with E-state index in [1.54, 1.807) is 7.05 Å². The number of carbonyl (C=O) groups excluding carboxylic acids is 3. The Morgan fingerprint density at radius 3 is 2.50 bits per heavy atom. The molecule has 0 saturated carbocycles. The molecule has 1 aliphatic heterocycles. The lowest BCUT2D eigenvalue weighted by Gasteiger charge is -2.21. The molecule has 1 atom stereocenters. The third kappa shape index (κ3) is 3.63. The molecule has 1 heterocycles. The Kier molecular flexibility index (Phi) is 4.80. The van der Waals surface area contributed by atoms with Crippen molar-refractivity contribution in [3.05, 3.63) is 29.3 Å². The van der Waals surface area contributed by atoms with Crippen molar-refractivity contribution in [2.24, 2.45) is 0 Å². The maximum atomic E-state index is 12.1. The van der Waals surface area contributed by atoms with Crippen molar-refractivity contribution in [1.82, 2.24) is 10.2 Å². The Bertz CT molecular complexity index is 592. The molecule has 22 heavy (non-hydrogen) atoms. The fraction of sp³-hybridized carbons (Fsp3) is 0.438. The van der Waals surface area contributed by atoms with E-state index in [0.29, 0.717) is 12.8 Å². The van der Waals surface area contributed by atoms with Gasteiger partial charge in [0.25, 0.3) is 0 Å². The van der Waals surface area contributed by atoms with E-state index in [1.807, 2.05) is 32.0 Å². The summed E-state index contributed by atoms with van der Waals surface area (Å²) < 4.78 is 0. The van der Waals surface area contributed by atoms with Crippen LogP contribution in [-0.4, -0.2) is 42.3 Å². The average molecular weight is 303 g/mol. The SMILES string of the molecule is Cc1cccc(C)c1NC(=O)CN(C)C(=O)C1CCC(=O)N1. The highest BCUT2D eigenvalue weighted by Gasteiger charge is 2.30. The predicted octanol–water partition coefficient (Wildman–Crippen LogP) is 0.979. The number of hydrogen-bond acceptors (Lipinski definition) is 3. The van der Waals surface area contributed by atoms with Crippen LogP contribution in [-0.2, 0) is 14.4 Å². The first-order chi connectivity index (χ1) is 10.4. The van der Waals surface area contributed by atoms with Crippen LogP contribution in [0.3, 0.4) is 0 Å². The third-order valence-electron chi connectivity index (χ3n) is 3.80. The molecule has 0 aliphatic carbocycles. The minimum atomic E-state index is -0.509. The van der Waals surface area contributed by atoms with Gasteiger partial charge < -0.3 is 15.5 Å². The molecule has 0 bridgehead atoms. The first-order valence-corrected chi connectivity index (χ1v) is 7.29. The number of benzene rings is 1. The van der Waals surface area contributed by atoms with Gasteiger partial charge in [-0.25, -0.2) is 0 Å². The van der Waals surface area contributed by atoms with Gasteiger partial charge in [-0.1, -0.05) is 18.2 Å². The number of carbonyl (C=O) groups is 3. The highest BCUT2D eigenvalue weighted by molar-refractivity contribution is 5.97.